The van der Waals surface area contributed by atoms with E-state index in [1.807, 2.05) is 12.1 Å². The topological polar surface area (TPSA) is 9.23 Å². The first-order valence-corrected chi connectivity index (χ1v) is 4.92. The Morgan fingerprint density at radius 1 is 1.38 bits per heavy atom. The van der Waals surface area contributed by atoms with Crippen molar-refractivity contribution in [1.82, 2.24) is 0 Å². The fourth-order valence-electron chi connectivity index (χ4n) is 1.11. The third-order valence-electron chi connectivity index (χ3n) is 2.12. The summed E-state index contributed by atoms with van der Waals surface area (Å²) in [6, 6.07) is 8.18. The quantitative estimate of drug-likeness (QED) is 0.733. The van der Waals surface area contributed by atoms with E-state index in [2.05, 4.69) is 41.6 Å². The number of rotatable bonds is 3. The van der Waals surface area contributed by atoms with Crippen molar-refractivity contribution in [3.8, 4) is 0 Å². The lowest BCUT2D eigenvalue weighted by atomic mass is 10.0. The molecule has 0 heterocycles. The number of halogens is 1. The molecule has 70 valence electrons. The molecule has 2 heteroatoms. The molecule has 1 aromatic carbocycles. The van der Waals surface area contributed by atoms with E-state index in [0.29, 0.717) is 0 Å². The van der Waals surface area contributed by atoms with Crippen LogP contribution in [0, 0.1) is 0 Å². The van der Waals surface area contributed by atoms with E-state index >= 15 is 0 Å². The molecule has 1 rings (SSSR count). The summed E-state index contributed by atoms with van der Waals surface area (Å²) in [6.45, 7) is 5.92. The van der Waals surface area contributed by atoms with E-state index in [-0.39, 0.29) is 5.92 Å². The van der Waals surface area contributed by atoms with Gasteiger partial charge in [-0.05, 0) is 17.7 Å². The van der Waals surface area contributed by atoms with Crippen LogP contribution in [-0.4, -0.2) is 7.11 Å². The van der Waals surface area contributed by atoms with E-state index in [9.17, 15) is 0 Å². The average molecular weight is 241 g/mol. The molecule has 0 radical (unpaired) electrons. The Hall–Kier alpha value is -0.760. The van der Waals surface area contributed by atoms with Crippen LogP contribution in [0.4, 0.5) is 0 Å². The summed E-state index contributed by atoms with van der Waals surface area (Å²) in [5.74, 6) is 1.04. The van der Waals surface area contributed by atoms with Crippen molar-refractivity contribution < 1.29 is 4.74 Å². The minimum Gasteiger partial charge on any atom is -0.501 e. The summed E-state index contributed by atoms with van der Waals surface area (Å²) < 4.78 is 6.18. The lowest BCUT2D eigenvalue weighted by Gasteiger charge is -2.13. The highest BCUT2D eigenvalue weighted by molar-refractivity contribution is 9.10. The minimum atomic E-state index is 0.248. The summed E-state index contributed by atoms with van der Waals surface area (Å²) in [5, 5.41) is 0. The maximum absolute atomic E-state index is 5.09. The van der Waals surface area contributed by atoms with Crippen LogP contribution in [0.15, 0.2) is 41.1 Å². The standard InChI is InChI=1S/C11H13BrO/c1-8(9(2)13-3)10-4-6-11(12)7-5-10/h4-8H,2H2,1,3H3/t8-/m1/s1. The monoisotopic (exact) mass is 240 g/mol. The van der Waals surface area contributed by atoms with Crippen molar-refractivity contribution >= 4 is 15.9 Å². The van der Waals surface area contributed by atoms with E-state index in [1.165, 1.54) is 5.56 Å². The highest BCUT2D eigenvalue weighted by atomic mass is 79.9. The van der Waals surface area contributed by atoms with E-state index in [4.69, 9.17) is 4.74 Å². The van der Waals surface area contributed by atoms with Crippen molar-refractivity contribution in [2.75, 3.05) is 7.11 Å². The molecule has 0 amide bonds. The fourth-order valence-corrected chi connectivity index (χ4v) is 1.38. The zero-order valence-corrected chi connectivity index (χ0v) is 9.47. The summed E-state index contributed by atoms with van der Waals surface area (Å²) in [6.07, 6.45) is 0. The number of allylic oxidation sites excluding steroid dienone is 1. The average Bonchev–Trinajstić information content (AvgIpc) is 2.17. The van der Waals surface area contributed by atoms with Gasteiger partial charge in [0.15, 0.2) is 0 Å². The largest absolute Gasteiger partial charge is 0.501 e. The maximum Gasteiger partial charge on any atom is 0.0955 e. The summed E-state index contributed by atoms with van der Waals surface area (Å²) in [4.78, 5) is 0. The second-order valence-corrected chi connectivity index (χ2v) is 3.86. The molecule has 0 aliphatic heterocycles. The summed E-state index contributed by atoms with van der Waals surface area (Å²) in [5.41, 5.74) is 1.22. The zero-order valence-electron chi connectivity index (χ0n) is 7.88. The van der Waals surface area contributed by atoms with E-state index < -0.39 is 0 Å². The highest BCUT2D eigenvalue weighted by Gasteiger charge is 2.08. The van der Waals surface area contributed by atoms with Gasteiger partial charge < -0.3 is 4.74 Å². The van der Waals surface area contributed by atoms with Gasteiger partial charge in [-0.3, -0.25) is 0 Å². The van der Waals surface area contributed by atoms with Crippen LogP contribution >= 0.6 is 15.9 Å². The van der Waals surface area contributed by atoms with Gasteiger partial charge in [0.1, 0.15) is 0 Å². The molecule has 0 spiro atoms. The SMILES string of the molecule is C=C(OC)[C@@H](C)c1ccc(Br)cc1. The van der Waals surface area contributed by atoms with Gasteiger partial charge >= 0.3 is 0 Å². The van der Waals surface area contributed by atoms with Crippen molar-refractivity contribution in [3.05, 3.63) is 46.6 Å². The second kappa shape index (κ2) is 4.47. The van der Waals surface area contributed by atoms with Crippen molar-refractivity contribution in [1.29, 1.82) is 0 Å². The van der Waals surface area contributed by atoms with Crippen LogP contribution in [0.2, 0.25) is 0 Å². The molecule has 0 aliphatic rings. The second-order valence-electron chi connectivity index (χ2n) is 2.94. The number of hydrogen-bond acceptors (Lipinski definition) is 1. The molecule has 0 saturated heterocycles. The van der Waals surface area contributed by atoms with Crippen molar-refractivity contribution in [2.24, 2.45) is 0 Å². The van der Waals surface area contributed by atoms with Crippen LogP contribution in [-0.2, 0) is 4.74 Å². The Labute approximate surface area is 87.5 Å². The smallest absolute Gasteiger partial charge is 0.0955 e. The molecule has 0 saturated carbocycles. The molecule has 0 aromatic heterocycles. The third kappa shape index (κ3) is 2.59. The first kappa shape index (κ1) is 10.3. The van der Waals surface area contributed by atoms with Crippen LogP contribution in [0.1, 0.15) is 18.4 Å². The van der Waals surface area contributed by atoms with Crippen LogP contribution < -0.4 is 0 Å². The van der Waals surface area contributed by atoms with Gasteiger partial charge in [0.25, 0.3) is 0 Å². The molecular formula is C11H13BrO. The highest BCUT2D eigenvalue weighted by Crippen LogP contribution is 2.24. The number of ether oxygens (including phenoxy) is 1. The number of hydrogen-bond donors (Lipinski definition) is 0. The third-order valence-corrected chi connectivity index (χ3v) is 2.64. The number of benzene rings is 1. The van der Waals surface area contributed by atoms with Crippen LogP contribution in [0.3, 0.4) is 0 Å². The van der Waals surface area contributed by atoms with Crippen molar-refractivity contribution in [3.63, 3.8) is 0 Å². The number of methoxy groups -OCH3 is 1. The molecule has 1 aromatic rings. The van der Waals surface area contributed by atoms with E-state index in [0.717, 1.165) is 10.2 Å². The predicted octanol–water partition coefficient (Wildman–Crippen LogP) is 3.71. The summed E-state index contributed by atoms with van der Waals surface area (Å²) >= 11 is 3.39. The van der Waals surface area contributed by atoms with Crippen LogP contribution in [0.5, 0.6) is 0 Å². The lowest BCUT2D eigenvalue weighted by molar-refractivity contribution is 0.270. The molecule has 1 atom stereocenters. The molecular weight excluding hydrogens is 228 g/mol. The predicted molar refractivity (Wildman–Crippen MR) is 58.7 cm³/mol. The molecule has 0 fully saturated rings. The molecule has 0 aliphatic carbocycles. The Balaban J connectivity index is 2.83. The maximum atomic E-state index is 5.09. The Morgan fingerprint density at radius 3 is 2.38 bits per heavy atom. The van der Waals surface area contributed by atoms with Crippen molar-refractivity contribution in [2.45, 2.75) is 12.8 Å². The molecule has 0 unspecified atom stereocenters. The zero-order chi connectivity index (χ0) is 9.84. The normalized spacial score (nSPS) is 12.2. The van der Waals surface area contributed by atoms with Gasteiger partial charge in [0, 0.05) is 10.4 Å². The Bertz CT molecular complexity index is 289. The fraction of sp³-hybridized carbons (Fsp3) is 0.273. The van der Waals surface area contributed by atoms with Gasteiger partial charge in [-0.25, -0.2) is 0 Å². The molecule has 13 heavy (non-hydrogen) atoms. The lowest BCUT2D eigenvalue weighted by Crippen LogP contribution is -1.98. The van der Waals surface area contributed by atoms with Gasteiger partial charge in [-0.15, -0.1) is 0 Å². The minimum absolute atomic E-state index is 0.248. The van der Waals surface area contributed by atoms with Gasteiger partial charge in [-0.1, -0.05) is 41.6 Å². The van der Waals surface area contributed by atoms with E-state index in [1.54, 1.807) is 7.11 Å². The Morgan fingerprint density at radius 2 is 1.92 bits per heavy atom. The van der Waals surface area contributed by atoms with Gasteiger partial charge in [0.05, 0.1) is 12.9 Å². The first-order chi connectivity index (χ1) is 6.15. The molecule has 0 N–H and O–H groups in total. The van der Waals surface area contributed by atoms with Gasteiger partial charge in [-0.2, -0.15) is 0 Å². The summed E-state index contributed by atoms with van der Waals surface area (Å²) in [7, 11) is 1.65. The Kier molecular flexibility index (Phi) is 3.55. The first-order valence-electron chi connectivity index (χ1n) is 4.13. The molecule has 0 bridgehead atoms. The van der Waals surface area contributed by atoms with Crippen LogP contribution in [0.25, 0.3) is 0 Å². The van der Waals surface area contributed by atoms with Gasteiger partial charge in [0.2, 0.25) is 0 Å². The molecule has 1 nitrogen and oxygen atoms in total.